The van der Waals surface area contributed by atoms with Crippen molar-refractivity contribution >= 4 is 21.6 Å². The molecule has 0 aromatic carbocycles. The fourth-order valence-electron chi connectivity index (χ4n) is 1.93. The molecule has 92 valence electrons. The summed E-state index contributed by atoms with van der Waals surface area (Å²) in [6, 6.07) is 1.78. The number of aromatic amines is 1. The molecule has 0 spiro atoms. The molecule has 5 heteroatoms. The summed E-state index contributed by atoms with van der Waals surface area (Å²) in [4.78, 5) is 20.2. The van der Waals surface area contributed by atoms with E-state index in [1.807, 2.05) is 5.38 Å². The summed E-state index contributed by atoms with van der Waals surface area (Å²) in [5.74, 6) is 0.875. The lowest BCUT2D eigenvalue weighted by Gasteiger charge is -2.02. The zero-order valence-corrected chi connectivity index (χ0v) is 10.9. The van der Waals surface area contributed by atoms with Gasteiger partial charge in [0.15, 0.2) is 0 Å². The molecule has 3 aromatic heterocycles. The normalized spacial score (nSPS) is 11.5. The van der Waals surface area contributed by atoms with Gasteiger partial charge in [0.25, 0.3) is 5.56 Å². The van der Waals surface area contributed by atoms with Crippen molar-refractivity contribution in [2.75, 3.05) is 0 Å². The maximum atomic E-state index is 12.2. The first-order valence-electron chi connectivity index (χ1n) is 5.71. The van der Waals surface area contributed by atoms with Crippen LogP contribution < -0.4 is 5.56 Å². The zero-order valence-electron chi connectivity index (χ0n) is 10.1. The van der Waals surface area contributed by atoms with E-state index in [-0.39, 0.29) is 5.56 Å². The van der Waals surface area contributed by atoms with Gasteiger partial charge in [-0.15, -0.1) is 11.3 Å². The summed E-state index contributed by atoms with van der Waals surface area (Å²) in [6.45, 7) is 4.15. The fraction of sp³-hybridized carbons (Fsp3) is 0.231. The average Bonchev–Trinajstić information content (AvgIpc) is 2.97. The number of thiophene rings is 1. The second-order valence-corrected chi connectivity index (χ2v) is 5.31. The van der Waals surface area contributed by atoms with Crippen LogP contribution in [0.2, 0.25) is 0 Å². The van der Waals surface area contributed by atoms with Crippen LogP contribution in [0.1, 0.15) is 25.3 Å². The van der Waals surface area contributed by atoms with E-state index in [4.69, 9.17) is 4.42 Å². The number of aromatic nitrogens is 2. The van der Waals surface area contributed by atoms with Crippen molar-refractivity contribution in [2.24, 2.45) is 0 Å². The second kappa shape index (κ2) is 4.10. The van der Waals surface area contributed by atoms with Crippen molar-refractivity contribution in [3.63, 3.8) is 0 Å². The molecule has 0 unspecified atom stereocenters. The molecule has 18 heavy (non-hydrogen) atoms. The summed E-state index contributed by atoms with van der Waals surface area (Å²) in [5, 5.41) is 2.72. The molecule has 0 atom stereocenters. The van der Waals surface area contributed by atoms with E-state index in [9.17, 15) is 4.79 Å². The van der Waals surface area contributed by atoms with Crippen LogP contribution in [0, 0.1) is 0 Å². The molecule has 0 bridgehead atoms. The fourth-order valence-corrected chi connectivity index (χ4v) is 3.03. The average molecular weight is 260 g/mol. The molecule has 4 nitrogen and oxygen atoms in total. The van der Waals surface area contributed by atoms with Crippen LogP contribution in [0.4, 0.5) is 0 Å². The maximum Gasteiger partial charge on any atom is 0.260 e. The van der Waals surface area contributed by atoms with Gasteiger partial charge in [-0.25, -0.2) is 4.98 Å². The molecule has 0 aliphatic rings. The van der Waals surface area contributed by atoms with E-state index in [0.717, 1.165) is 16.0 Å². The molecule has 0 aliphatic carbocycles. The Morgan fingerprint density at radius 3 is 2.94 bits per heavy atom. The lowest BCUT2D eigenvalue weighted by Crippen LogP contribution is -2.09. The van der Waals surface area contributed by atoms with Gasteiger partial charge < -0.3 is 9.40 Å². The van der Waals surface area contributed by atoms with E-state index in [1.165, 1.54) is 11.3 Å². The van der Waals surface area contributed by atoms with Gasteiger partial charge in [-0.1, -0.05) is 13.8 Å². The Bertz CT molecular complexity index is 738. The minimum atomic E-state index is -0.0823. The van der Waals surface area contributed by atoms with Gasteiger partial charge in [0.2, 0.25) is 0 Å². The molecule has 0 aliphatic heterocycles. The first kappa shape index (κ1) is 11.2. The second-order valence-electron chi connectivity index (χ2n) is 4.45. The number of nitrogens with one attached hydrogen (secondary N) is 1. The van der Waals surface area contributed by atoms with Gasteiger partial charge in [-0.3, -0.25) is 4.79 Å². The third kappa shape index (κ3) is 1.67. The Morgan fingerprint density at radius 1 is 1.44 bits per heavy atom. The van der Waals surface area contributed by atoms with Crippen LogP contribution in [0.5, 0.6) is 0 Å². The zero-order chi connectivity index (χ0) is 12.7. The summed E-state index contributed by atoms with van der Waals surface area (Å²) in [6.07, 6.45) is 3.13. The Kier molecular flexibility index (Phi) is 2.56. The number of H-pyrrole nitrogens is 1. The lowest BCUT2D eigenvalue weighted by molar-refractivity contribution is 0.568. The van der Waals surface area contributed by atoms with Crippen molar-refractivity contribution in [2.45, 2.75) is 19.8 Å². The molecule has 0 saturated heterocycles. The largest absolute Gasteiger partial charge is 0.472 e. The van der Waals surface area contributed by atoms with Crippen LogP contribution in [-0.4, -0.2) is 9.97 Å². The summed E-state index contributed by atoms with van der Waals surface area (Å²) >= 11 is 1.51. The molecule has 0 radical (unpaired) electrons. The number of nitrogens with zero attached hydrogens (tertiary/aromatic N) is 1. The highest BCUT2D eigenvalue weighted by molar-refractivity contribution is 7.16. The Labute approximate surface area is 107 Å². The van der Waals surface area contributed by atoms with E-state index >= 15 is 0 Å². The van der Waals surface area contributed by atoms with Gasteiger partial charge in [0.05, 0.1) is 17.2 Å². The van der Waals surface area contributed by atoms with Crippen LogP contribution >= 0.6 is 11.3 Å². The highest BCUT2D eigenvalue weighted by Crippen LogP contribution is 2.28. The monoisotopic (exact) mass is 260 g/mol. The predicted octanol–water partition coefficient (Wildman–Crippen LogP) is 3.37. The molecule has 3 rings (SSSR count). The standard InChI is InChI=1S/C13H12N2O2S/c1-7(2)9-6-18-13-10(9)12(16)14-11(15-13)8-3-4-17-5-8/h3-7H,1-2H3,(H,14,15,16). The number of hydrogen-bond donors (Lipinski definition) is 1. The van der Waals surface area contributed by atoms with Crippen LogP contribution in [0.3, 0.4) is 0 Å². The van der Waals surface area contributed by atoms with Gasteiger partial charge >= 0.3 is 0 Å². The number of fused-ring (bicyclic) bond motifs is 1. The number of furan rings is 1. The minimum Gasteiger partial charge on any atom is -0.472 e. The highest BCUT2D eigenvalue weighted by atomic mass is 32.1. The number of rotatable bonds is 2. The number of hydrogen-bond acceptors (Lipinski definition) is 4. The van der Waals surface area contributed by atoms with Crippen molar-refractivity contribution in [1.82, 2.24) is 9.97 Å². The molecule has 3 heterocycles. The van der Waals surface area contributed by atoms with Crippen molar-refractivity contribution in [3.05, 3.63) is 39.9 Å². The molecular weight excluding hydrogens is 248 g/mol. The topological polar surface area (TPSA) is 58.9 Å². The lowest BCUT2D eigenvalue weighted by atomic mass is 10.0. The molecule has 0 fully saturated rings. The van der Waals surface area contributed by atoms with E-state index in [0.29, 0.717) is 17.1 Å². The summed E-state index contributed by atoms with van der Waals surface area (Å²) in [7, 11) is 0. The van der Waals surface area contributed by atoms with E-state index < -0.39 is 0 Å². The van der Waals surface area contributed by atoms with E-state index in [1.54, 1.807) is 18.6 Å². The van der Waals surface area contributed by atoms with Crippen LogP contribution in [0.15, 0.2) is 33.2 Å². The Hall–Kier alpha value is -1.88. The highest BCUT2D eigenvalue weighted by Gasteiger charge is 2.14. The Balaban J connectivity index is 2.27. The smallest absolute Gasteiger partial charge is 0.260 e. The summed E-state index contributed by atoms with van der Waals surface area (Å²) in [5.41, 5.74) is 1.76. The SMILES string of the molecule is CC(C)c1csc2nc(-c3ccoc3)[nH]c(=O)c12. The predicted molar refractivity (Wildman–Crippen MR) is 72.0 cm³/mol. The maximum absolute atomic E-state index is 12.2. The molecule has 0 saturated carbocycles. The first-order chi connectivity index (χ1) is 8.66. The van der Waals surface area contributed by atoms with Crippen molar-refractivity contribution in [3.8, 4) is 11.4 Å². The minimum absolute atomic E-state index is 0.0823. The third-order valence-corrected chi connectivity index (χ3v) is 3.78. The van der Waals surface area contributed by atoms with Gasteiger partial charge in [-0.2, -0.15) is 0 Å². The van der Waals surface area contributed by atoms with Crippen LogP contribution in [0.25, 0.3) is 21.6 Å². The molecule has 3 aromatic rings. The van der Waals surface area contributed by atoms with Crippen molar-refractivity contribution in [1.29, 1.82) is 0 Å². The third-order valence-electron chi connectivity index (χ3n) is 2.89. The van der Waals surface area contributed by atoms with Crippen molar-refractivity contribution < 1.29 is 4.42 Å². The van der Waals surface area contributed by atoms with E-state index in [2.05, 4.69) is 23.8 Å². The quantitative estimate of drug-likeness (QED) is 0.768. The Morgan fingerprint density at radius 2 is 2.28 bits per heavy atom. The van der Waals surface area contributed by atoms with Gasteiger partial charge in [-0.05, 0) is 22.9 Å². The molecular formula is C13H12N2O2S. The van der Waals surface area contributed by atoms with Crippen LogP contribution in [-0.2, 0) is 0 Å². The summed E-state index contributed by atoms with van der Waals surface area (Å²) < 4.78 is 5.01. The first-order valence-corrected chi connectivity index (χ1v) is 6.58. The van der Waals surface area contributed by atoms with Gasteiger partial charge in [0, 0.05) is 0 Å². The molecule has 0 amide bonds. The molecule has 1 N–H and O–H groups in total. The van der Waals surface area contributed by atoms with Gasteiger partial charge in [0.1, 0.15) is 16.9 Å².